The minimum absolute atomic E-state index is 0.0778. The lowest BCUT2D eigenvalue weighted by Crippen LogP contribution is -1.99. The molecule has 0 aliphatic heterocycles. The summed E-state index contributed by atoms with van der Waals surface area (Å²) in [4.78, 5) is 4.00. The molecule has 0 saturated carbocycles. The summed E-state index contributed by atoms with van der Waals surface area (Å²) in [7, 11) is 0. The van der Waals surface area contributed by atoms with Crippen molar-refractivity contribution in [1.82, 2.24) is 4.98 Å². The molecule has 0 bridgehead atoms. The van der Waals surface area contributed by atoms with Gasteiger partial charge < -0.3 is 10.4 Å². The zero-order valence-corrected chi connectivity index (χ0v) is 9.44. The normalized spacial score (nSPS) is 10.3. The van der Waals surface area contributed by atoms with Crippen LogP contribution in [0.15, 0.2) is 36.7 Å². The second kappa shape index (κ2) is 4.93. The molecule has 0 spiro atoms. The fraction of sp³-hybridized carbons (Fsp3) is 0.154. The molecule has 0 atom stereocenters. The third-order valence-electron chi connectivity index (χ3n) is 2.63. The van der Waals surface area contributed by atoms with Crippen LogP contribution in [0.5, 0.6) is 0 Å². The van der Waals surface area contributed by atoms with Crippen molar-refractivity contribution in [3.63, 3.8) is 0 Å². The highest BCUT2D eigenvalue weighted by Gasteiger charge is 2.06. The third-order valence-corrected chi connectivity index (χ3v) is 2.63. The minimum atomic E-state index is -0.318. The molecule has 0 unspecified atom stereocenters. The minimum Gasteiger partial charge on any atom is -0.392 e. The van der Waals surface area contributed by atoms with Gasteiger partial charge >= 0.3 is 0 Å². The Morgan fingerprint density at radius 3 is 2.71 bits per heavy atom. The van der Waals surface area contributed by atoms with Crippen molar-refractivity contribution in [1.29, 1.82) is 0 Å². The van der Waals surface area contributed by atoms with Crippen molar-refractivity contribution in [2.75, 3.05) is 5.32 Å². The Kier molecular flexibility index (Phi) is 3.35. The van der Waals surface area contributed by atoms with Crippen LogP contribution >= 0.6 is 0 Å². The van der Waals surface area contributed by atoms with Gasteiger partial charge in [-0.05, 0) is 24.6 Å². The number of benzene rings is 1. The van der Waals surface area contributed by atoms with E-state index in [0.29, 0.717) is 11.4 Å². The standard InChI is InChI=1S/C13H13FN2O/c1-9-10(8-17)6-15-7-13(9)16-12-5-3-2-4-11(12)14/h2-7,16-17H,8H2,1H3. The number of nitrogens with one attached hydrogen (secondary N) is 1. The van der Waals surface area contributed by atoms with Crippen LogP contribution in [0.25, 0.3) is 0 Å². The number of nitrogens with zero attached hydrogens (tertiary/aromatic N) is 1. The monoisotopic (exact) mass is 232 g/mol. The number of anilines is 2. The molecule has 88 valence electrons. The molecule has 0 saturated heterocycles. The molecule has 2 N–H and O–H groups in total. The molecule has 17 heavy (non-hydrogen) atoms. The van der Waals surface area contributed by atoms with Crippen molar-refractivity contribution in [3.8, 4) is 0 Å². The number of hydrogen-bond acceptors (Lipinski definition) is 3. The molecule has 0 aliphatic rings. The summed E-state index contributed by atoms with van der Waals surface area (Å²) < 4.78 is 13.5. The van der Waals surface area contributed by atoms with Crippen LogP contribution in [0.3, 0.4) is 0 Å². The molecule has 2 aromatic rings. The van der Waals surface area contributed by atoms with E-state index in [1.807, 2.05) is 6.92 Å². The Morgan fingerprint density at radius 2 is 2.00 bits per heavy atom. The number of hydrogen-bond donors (Lipinski definition) is 2. The van der Waals surface area contributed by atoms with Crippen molar-refractivity contribution in [2.45, 2.75) is 13.5 Å². The summed E-state index contributed by atoms with van der Waals surface area (Å²) in [6.07, 6.45) is 3.21. The molecule has 0 fully saturated rings. The first-order chi connectivity index (χ1) is 8.22. The summed E-state index contributed by atoms with van der Waals surface area (Å²) in [6, 6.07) is 6.43. The first kappa shape index (κ1) is 11.5. The summed E-state index contributed by atoms with van der Waals surface area (Å²) in [5, 5.41) is 12.1. The fourth-order valence-electron chi connectivity index (χ4n) is 1.56. The lowest BCUT2D eigenvalue weighted by molar-refractivity contribution is 0.280. The van der Waals surface area contributed by atoms with Crippen molar-refractivity contribution < 1.29 is 9.50 Å². The Morgan fingerprint density at radius 1 is 1.24 bits per heavy atom. The molecule has 0 radical (unpaired) electrons. The molecular formula is C13H13FN2O. The highest BCUT2D eigenvalue weighted by molar-refractivity contribution is 5.63. The van der Waals surface area contributed by atoms with Gasteiger partial charge in [-0.25, -0.2) is 4.39 Å². The number of aromatic nitrogens is 1. The Hall–Kier alpha value is -1.94. The van der Waals surface area contributed by atoms with Crippen molar-refractivity contribution >= 4 is 11.4 Å². The average Bonchev–Trinajstić information content (AvgIpc) is 2.34. The van der Waals surface area contributed by atoms with Crippen LogP contribution in [-0.4, -0.2) is 10.1 Å². The van der Waals surface area contributed by atoms with Gasteiger partial charge in [0.05, 0.1) is 24.2 Å². The maximum Gasteiger partial charge on any atom is 0.146 e. The van der Waals surface area contributed by atoms with E-state index in [-0.39, 0.29) is 12.4 Å². The number of aliphatic hydroxyl groups is 1. The highest BCUT2D eigenvalue weighted by Crippen LogP contribution is 2.23. The summed E-state index contributed by atoms with van der Waals surface area (Å²) in [5.41, 5.74) is 2.69. The van der Waals surface area contributed by atoms with Gasteiger partial charge in [0, 0.05) is 11.8 Å². The number of rotatable bonds is 3. The second-order valence-corrected chi connectivity index (χ2v) is 3.73. The zero-order chi connectivity index (χ0) is 12.3. The molecule has 4 heteroatoms. The highest BCUT2D eigenvalue weighted by atomic mass is 19.1. The Bertz CT molecular complexity index is 529. The maximum absolute atomic E-state index is 13.5. The van der Waals surface area contributed by atoms with Crippen LogP contribution in [0, 0.1) is 12.7 Å². The number of para-hydroxylation sites is 1. The lowest BCUT2D eigenvalue weighted by Gasteiger charge is -2.11. The van der Waals surface area contributed by atoms with E-state index in [9.17, 15) is 4.39 Å². The van der Waals surface area contributed by atoms with Gasteiger partial charge in [0.25, 0.3) is 0 Å². The largest absolute Gasteiger partial charge is 0.392 e. The first-order valence-electron chi connectivity index (χ1n) is 5.28. The van der Waals surface area contributed by atoms with Gasteiger partial charge in [-0.2, -0.15) is 0 Å². The van der Waals surface area contributed by atoms with Gasteiger partial charge in [0.1, 0.15) is 5.82 Å². The second-order valence-electron chi connectivity index (χ2n) is 3.73. The van der Waals surface area contributed by atoms with Crippen molar-refractivity contribution in [3.05, 3.63) is 53.6 Å². The summed E-state index contributed by atoms with van der Waals surface area (Å²) in [5.74, 6) is -0.318. The number of aliphatic hydroxyl groups excluding tert-OH is 1. The SMILES string of the molecule is Cc1c(CO)cncc1Nc1ccccc1F. The van der Waals surface area contributed by atoms with Crippen LogP contribution in [0.4, 0.5) is 15.8 Å². The third kappa shape index (κ3) is 2.42. The topological polar surface area (TPSA) is 45.2 Å². The Labute approximate surface area is 98.9 Å². The maximum atomic E-state index is 13.5. The zero-order valence-electron chi connectivity index (χ0n) is 9.44. The lowest BCUT2D eigenvalue weighted by atomic mass is 10.1. The van der Waals surface area contributed by atoms with Crippen molar-refractivity contribution in [2.24, 2.45) is 0 Å². The summed E-state index contributed by atoms with van der Waals surface area (Å²) >= 11 is 0. The quantitative estimate of drug-likeness (QED) is 0.855. The van der Waals surface area contributed by atoms with Gasteiger partial charge in [0.15, 0.2) is 0 Å². The first-order valence-corrected chi connectivity index (χ1v) is 5.28. The van der Waals surface area contributed by atoms with Gasteiger partial charge in [-0.1, -0.05) is 12.1 Å². The van der Waals surface area contributed by atoms with Crippen LogP contribution in [0.2, 0.25) is 0 Å². The number of pyridine rings is 1. The molecular weight excluding hydrogens is 219 g/mol. The smallest absolute Gasteiger partial charge is 0.146 e. The molecule has 2 rings (SSSR count). The van der Waals surface area contributed by atoms with Crippen LogP contribution < -0.4 is 5.32 Å². The van der Waals surface area contributed by atoms with E-state index in [4.69, 9.17) is 5.11 Å². The van der Waals surface area contributed by atoms with E-state index >= 15 is 0 Å². The molecule has 0 amide bonds. The van der Waals surface area contributed by atoms with Gasteiger partial charge in [-0.3, -0.25) is 4.98 Å². The van der Waals surface area contributed by atoms with E-state index in [2.05, 4.69) is 10.3 Å². The summed E-state index contributed by atoms with van der Waals surface area (Å²) in [6.45, 7) is 1.78. The van der Waals surface area contributed by atoms with Gasteiger partial charge in [0.2, 0.25) is 0 Å². The van der Waals surface area contributed by atoms with Gasteiger partial charge in [-0.15, -0.1) is 0 Å². The molecule has 0 aliphatic carbocycles. The predicted octanol–water partition coefficient (Wildman–Crippen LogP) is 2.77. The Balaban J connectivity index is 2.34. The van der Waals surface area contributed by atoms with Crippen LogP contribution in [0.1, 0.15) is 11.1 Å². The molecule has 1 aromatic carbocycles. The number of halogens is 1. The van der Waals surface area contributed by atoms with E-state index in [1.54, 1.807) is 30.6 Å². The average molecular weight is 232 g/mol. The molecule has 1 aromatic heterocycles. The fourth-order valence-corrected chi connectivity index (χ4v) is 1.56. The van der Waals surface area contributed by atoms with E-state index in [0.717, 1.165) is 11.1 Å². The van der Waals surface area contributed by atoms with E-state index in [1.165, 1.54) is 6.07 Å². The van der Waals surface area contributed by atoms with Crippen LogP contribution in [-0.2, 0) is 6.61 Å². The molecule has 1 heterocycles. The van der Waals surface area contributed by atoms with E-state index < -0.39 is 0 Å². The predicted molar refractivity (Wildman–Crippen MR) is 64.6 cm³/mol. The molecule has 3 nitrogen and oxygen atoms in total.